The van der Waals surface area contributed by atoms with Crippen molar-refractivity contribution in [2.24, 2.45) is 11.5 Å². The molecule has 3 atom stereocenters. The first-order chi connectivity index (χ1) is 30.0. The van der Waals surface area contributed by atoms with Crippen LogP contribution in [0.3, 0.4) is 0 Å². The summed E-state index contributed by atoms with van der Waals surface area (Å²) >= 11 is 0. The molecule has 1 heterocycles. The average molecular weight is 860 g/mol. The predicted molar refractivity (Wildman–Crippen MR) is 227 cm³/mol. The molecule has 1 fully saturated rings. The predicted octanol–water partition coefficient (Wildman–Crippen LogP) is 3.53. The van der Waals surface area contributed by atoms with Crippen LogP contribution in [0, 0.1) is 0 Å². The molecule has 5 aromatic carbocycles. The second kappa shape index (κ2) is 19.0. The number of aromatic hydroxyl groups is 2. The van der Waals surface area contributed by atoms with Gasteiger partial charge in [0.2, 0.25) is 5.91 Å². The molecule has 6 rings (SSSR count). The highest BCUT2D eigenvalue weighted by molar-refractivity contribution is 6.10. The summed E-state index contributed by atoms with van der Waals surface area (Å²) in [4.78, 5) is 95.0. The van der Waals surface area contributed by atoms with E-state index in [1.807, 2.05) is 0 Å². The van der Waals surface area contributed by atoms with Gasteiger partial charge in [-0.3, -0.25) is 28.8 Å². The molecule has 19 nitrogen and oxygen atoms in total. The summed E-state index contributed by atoms with van der Waals surface area (Å²) in [5, 5.41) is 40.8. The van der Waals surface area contributed by atoms with Crippen LogP contribution in [0.2, 0.25) is 0 Å². The van der Waals surface area contributed by atoms with Gasteiger partial charge >= 0.3 is 5.97 Å². The number of amides is 6. The van der Waals surface area contributed by atoms with Crippen LogP contribution in [-0.2, 0) is 25.6 Å². The first kappa shape index (κ1) is 44.3. The number of hydrogen-bond acceptors (Lipinski definition) is 12. The molecule has 5 aromatic rings. The fraction of sp³-hybridized carbons (Fsp3) is 0.159. The van der Waals surface area contributed by atoms with Crippen molar-refractivity contribution in [3.8, 4) is 17.2 Å². The molecule has 19 heteroatoms. The number of carbonyl (C=O) groups is 7. The van der Waals surface area contributed by atoms with Crippen molar-refractivity contribution < 1.29 is 58.5 Å². The summed E-state index contributed by atoms with van der Waals surface area (Å²) in [5.41, 5.74) is 13.0. The number of nitrogens with two attached hydrogens (primary N) is 2. The maximum atomic E-state index is 13.5. The Morgan fingerprint density at radius 1 is 0.730 bits per heavy atom. The number of carbonyl (C=O) groups excluding carboxylic acids is 6. The summed E-state index contributed by atoms with van der Waals surface area (Å²) in [7, 11) is 0. The van der Waals surface area contributed by atoms with E-state index in [0.29, 0.717) is 5.69 Å². The number of phenols is 2. The van der Waals surface area contributed by atoms with Crippen molar-refractivity contribution in [2.75, 3.05) is 21.0 Å². The van der Waals surface area contributed by atoms with Crippen molar-refractivity contribution in [2.45, 2.75) is 44.6 Å². The highest BCUT2D eigenvalue weighted by Gasteiger charge is 2.47. The van der Waals surface area contributed by atoms with E-state index in [4.69, 9.17) is 26.1 Å². The molecule has 0 spiro atoms. The van der Waals surface area contributed by atoms with Crippen LogP contribution >= 0.6 is 0 Å². The summed E-state index contributed by atoms with van der Waals surface area (Å²) in [6, 6.07) is 22.9. The van der Waals surface area contributed by atoms with E-state index in [2.05, 4.69) is 21.3 Å². The fourth-order valence-corrected chi connectivity index (χ4v) is 6.21. The normalized spacial score (nSPS) is 15.0. The lowest BCUT2D eigenvalue weighted by Gasteiger charge is -2.19. The molecule has 0 aliphatic carbocycles. The summed E-state index contributed by atoms with van der Waals surface area (Å²) in [6.45, 7) is 3.34. The SMILES string of the molecule is CC(C)Oc1c(NC(=O)c2ccc(N3OC(C(N)=O)C(NC(=O)c4ccc(NC(=O)C(N)Cc5ccc(O)cc5)cc4)C3=O)cc2)ccc(C(=O)Nc2ccc(C(=O)O)cc2)c1O. The molecule has 324 valence electrons. The van der Waals surface area contributed by atoms with Gasteiger partial charge in [-0.2, -0.15) is 5.06 Å². The van der Waals surface area contributed by atoms with E-state index in [9.17, 15) is 43.8 Å². The summed E-state index contributed by atoms with van der Waals surface area (Å²) in [5.74, 6) is -6.38. The maximum Gasteiger partial charge on any atom is 0.335 e. The van der Waals surface area contributed by atoms with E-state index < -0.39 is 71.5 Å². The van der Waals surface area contributed by atoms with Crippen LogP contribution in [0.25, 0.3) is 0 Å². The number of nitrogens with zero attached hydrogens (tertiary/aromatic N) is 1. The molecule has 0 radical (unpaired) electrons. The third-order valence-corrected chi connectivity index (χ3v) is 9.43. The molecule has 11 N–H and O–H groups in total. The Morgan fingerprint density at radius 2 is 1.30 bits per heavy atom. The first-order valence-corrected chi connectivity index (χ1v) is 19.1. The molecule has 6 amide bonds. The number of rotatable bonds is 15. The summed E-state index contributed by atoms with van der Waals surface area (Å²) in [6.07, 6.45) is -1.90. The Hall–Kier alpha value is -8.29. The number of anilines is 4. The second-order valence-electron chi connectivity index (χ2n) is 14.4. The number of ether oxygens (including phenoxy) is 1. The molecule has 1 aliphatic heterocycles. The number of aromatic carboxylic acids is 1. The van der Waals surface area contributed by atoms with E-state index in [1.54, 1.807) is 26.0 Å². The van der Waals surface area contributed by atoms with Crippen LogP contribution in [0.15, 0.2) is 109 Å². The monoisotopic (exact) mass is 859 g/mol. The van der Waals surface area contributed by atoms with Gasteiger partial charge in [-0.15, -0.1) is 0 Å². The number of nitrogens with one attached hydrogen (secondary N) is 4. The van der Waals surface area contributed by atoms with Crippen molar-refractivity contribution in [3.63, 3.8) is 0 Å². The zero-order valence-corrected chi connectivity index (χ0v) is 33.5. The van der Waals surface area contributed by atoms with Crippen molar-refractivity contribution in [1.82, 2.24) is 5.32 Å². The van der Waals surface area contributed by atoms with Crippen LogP contribution < -0.4 is 42.5 Å². The summed E-state index contributed by atoms with van der Waals surface area (Å²) < 4.78 is 5.77. The lowest BCUT2D eigenvalue weighted by Crippen LogP contribution is -2.50. The zero-order chi connectivity index (χ0) is 45.5. The zero-order valence-electron chi connectivity index (χ0n) is 33.5. The molecular weight excluding hydrogens is 819 g/mol. The molecule has 1 saturated heterocycles. The van der Waals surface area contributed by atoms with Gasteiger partial charge in [-0.05, 0) is 123 Å². The van der Waals surface area contributed by atoms with E-state index >= 15 is 0 Å². The quantitative estimate of drug-likeness (QED) is 0.0729. The highest BCUT2D eigenvalue weighted by Crippen LogP contribution is 2.39. The largest absolute Gasteiger partial charge is 0.508 e. The Morgan fingerprint density at radius 3 is 1.89 bits per heavy atom. The molecule has 3 unspecified atom stereocenters. The minimum Gasteiger partial charge on any atom is -0.508 e. The van der Waals surface area contributed by atoms with E-state index in [0.717, 1.165) is 10.6 Å². The van der Waals surface area contributed by atoms with Gasteiger partial charge in [0.1, 0.15) is 11.8 Å². The number of phenolic OH excluding ortho intramolecular Hbond substituents is 2. The Labute approximate surface area is 358 Å². The third-order valence-electron chi connectivity index (χ3n) is 9.43. The van der Waals surface area contributed by atoms with Crippen LogP contribution in [-0.4, -0.2) is 81.0 Å². The fourth-order valence-electron chi connectivity index (χ4n) is 6.21. The molecule has 0 bridgehead atoms. The lowest BCUT2D eigenvalue weighted by molar-refractivity contribution is -0.128. The maximum absolute atomic E-state index is 13.5. The van der Waals surface area contributed by atoms with Crippen LogP contribution in [0.4, 0.5) is 22.7 Å². The van der Waals surface area contributed by atoms with Crippen molar-refractivity contribution in [3.05, 3.63) is 137 Å². The second-order valence-corrected chi connectivity index (χ2v) is 14.4. The molecule has 1 aliphatic rings. The van der Waals surface area contributed by atoms with E-state index in [-0.39, 0.29) is 57.2 Å². The van der Waals surface area contributed by atoms with Crippen LogP contribution in [0.1, 0.15) is 60.8 Å². The first-order valence-electron chi connectivity index (χ1n) is 19.1. The standard InChI is InChI=1S/C44H41N7O12/c1-22(2)62-36-33(20-19-31(35(36)53)41(57)47-27-13-7-26(8-14-27)44(60)61)49-39(55)25-9-15-29(16-10-25)51-43(59)34(37(63-51)38(46)54)50-40(56)24-5-11-28(12-6-24)48-42(58)32(45)21-23-3-17-30(52)18-4-23/h3-20,22,32,34,37,52-53H,21,45H2,1-2H3,(H2,46,54)(H,47,57)(H,48,58)(H,49,55)(H,50,56)(H,60,61). The Bertz CT molecular complexity index is 2570. The smallest absolute Gasteiger partial charge is 0.335 e. The molecule has 0 saturated carbocycles. The lowest BCUT2D eigenvalue weighted by atomic mass is 10.1. The van der Waals surface area contributed by atoms with Crippen LogP contribution in [0.5, 0.6) is 17.2 Å². The minimum absolute atomic E-state index is 0.0139. The van der Waals surface area contributed by atoms with Gasteiger partial charge < -0.3 is 52.8 Å². The minimum atomic E-state index is -1.60. The van der Waals surface area contributed by atoms with Gasteiger partial charge in [-0.25, -0.2) is 9.63 Å². The number of primary amides is 1. The number of benzene rings is 5. The Balaban J connectivity index is 1.09. The number of hydrogen-bond donors (Lipinski definition) is 9. The topological polar surface area (TPSA) is 302 Å². The molecular formula is C44H41N7O12. The Kier molecular flexibility index (Phi) is 13.3. The third kappa shape index (κ3) is 10.5. The number of carboxylic acids is 1. The average Bonchev–Trinajstić information content (AvgIpc) is 3.58. The molecule has 63 heavy (non-hydrogen) atoms. The van der Waals surface area contributed by atoms with Gasteiger partial charge in [0, 0.05) is 22.5 Å². The van der Waals surface area contributed by atoms with Gasteiger partial charge in [0.15, 0.2) is 17.6 Å². The van der Waals surface area contributed by atoms with Crippen molar-refractivity contribution in [1.29, 1.82) is 0 Å². The van der Waals surface area contributed by atoms with E-state index in [1.165, 1.54) is 97.1 Å². The van der Waals surface area contributed by atoms with Gasteiger partial charge in [0.25, 0.3) is 29.5 Å². The number of carboxylic acid groups (broad SMARTS) is 1. The van der Waals surface area contributed by atoms with Gasteiger partial charge in [-0.1, -0.05) is 12.1 Å². The highest BCUT2D eigenvalue weighted by atomic mass is 16.7. The number of hydroxylamine groups is 1. The molecule has 0 aromatic heterocycles. The van der Waals surface area contributed by atoms with Gasteiger partial charge in [0.05, 0.1) is 34.6 Å². The van der Waals surface area contributed by atoms with Crippen molar-refractivity contribution >= 4 is 64.2 Å².